The molecule has 0 radical (unpaired) electrons. The third-order valence-electron chi connectivity index (χ3n) is 4.66. The number of carbonyl (C=O) groups excluding carboxylic acids is 2. The molecule has 2 rings (SSSR count). The van der Waals surface area contributed by atoms with Crippen LogP contribution < -0.4 is 10.6 Å². The van der Waals surface area contributed by atoms with Crippen molar-refractivity contribution in [3.8, 4) is 0 Å². The Morgan fingerprint density at radius 1 is 1.12 bits per heavy atom. The van der Waals surface area contributed by atoms with E-state index >= 15 is 0 Å². The summed E-state index contributed by atoms with van der Waals surface area (Å²) in [5.74, 6) is 0.304. The average molecular weight is 351 g/mol. The van der Waals surface area contributed by atoms with E-state index in [0.717, 1.165) is 49.8 Å². The number of aryl methyl sites for hydroxylation is 2. The summed E-state index contributed by atoms with van der Waals surface area (Å²) in [7, 11) is 0. The standard InChI is InChI=1S/C19H30N2O2S/c1-3-8-16-14(4-2)13-17(24-16)19(23)21-12-11-20-18(22)15-9-6-5-7-10-15/h13,15H,3-12H2,1-2H3,(H,20,22)(H,21,23). The predicted octanol–water partition coefficient (Wildman–Crippen LogP) is 3.69. The first-order valence-electron chi connectivity index (χ1n) is 9.33. The molecule has 1 fully saturated rings. The molecule has 0 unspecified atom stereocenters. The summed E-state index contributed by atoms with van der Waals surface area (Å²) in [5.41, 5.74) is 1.29. The van der Waals surface area contributed by atoms with E-state index in [1.54, 1.807) is 11.3 Å². The summed E-state index contributed by atoms with van der Waals surface area (Å²) in [5, 5.41) is 5.88. The molecule has 1 heterocycles. The molecule has 1 saturated carbocycles. The molecule has 4 nitrogen and oxygen atoms in total. The zero-order valence-electron chi connectivity index (χ0n) is 15.0. The minimum atomic E-state index is -0.0241. The number of hydrogen-bond acceptors (Lipinski definition) is 3. The molecule has 2 N–H and O–H groups in total. The monoisotopic (exact) mass is 350 g/mol. The highest BCUT2D eigenvalue weighted by atomic mass is 32.1. The molecule has 1 aliphatic carbocycles. The second-order valence-corrected chi connectivity index (χ2v) is 7.68. The minimum Gasteiger partial charge on any atom is -0.354 e. The Kier molecular flexibility index (Phi) is 7.76. The maximum Gasteiger partial charge on any atom is 0.261 e. The lowest BCUT2D eigenvalue weighted by atomic mass is 9.89. The van der Waals surface area contributed by atoms with Crippen LogP contribution >= 0.6 is 11.3 Å². The van der Waals surface area contributed by atoms with Gasteiger partial charge in [-0.15, -0.1) is 11.3 Å². The number of carbonyl (C=O) groups is 2. The summed E-state index contributed by atoms with van der Waals surface area (Å²) < 4.78 is 0. The van der Waals surface area contributed by atoms with Gasteiger partial charge >= 0.3 is 0 Å². The van der Waals surface area contributed by atoms with Crippen molar-refractivity contribution in [1.82, 2.24) is 10.6 Å². The third-order valence-corrected chi connectivity index (χ3v) is 5.90. The van der Waals surface area contributed by atoms with Gasteiger partial charge in [0, 0.05) is 23.9 Å². The highest BCUT2D eigenvalue weighted by molar-refractivity contribution is 7.14. The van der Waals surface area contributed by atoms with E-state index in [9.17, 15) is 9.59 Å². The molecule has 1 aromatic rings. The van der Waals surface area contributed by atoms with Crippen LogP contribution in [0.25, 0.3) is 0 Å². The summed E-state index contributed by atoms with van der Waals surface area (Å²) >= 11 is 1.60. The van der Waals surface area contributed by atoms with Crippen LogP contribution in [0, 0.1) is 5.92 Å². The van der Waals surface area contributed by atoms with Crippen LogP contribution in [0.1, 0.15) is 72.5 Å². The van der Waals surface area contributed by atoms with Gasteiger partial charge in [-0.25, -0.2) is 0 Å². The average Bonchev–Trinajstić information content (AvgIpc) is 3.02. The molecule has 24 heavy (non-hydrogen) atoms. The van der Waals surface area contributed by atoms with Crippen LogP contribution in [0.2, 0.25) is 0 Å². The number of thiophene rings is 1. The van der Waals surface area contributed by atoms with Crippen molar-refractivity contribution >= 4 is 23.2 Å². The molecule has 5 heteroatoms. The molecule has 0 aliphatic heterocycles. The molecular weight excluding hydrogens is 320 g/mol. The van der Waals surface area contributed by atoms with Gasteiger partial charge < -0.3 is 10.6 Å². The highest BCUT2D eigenvalue weighted by Crippen LogP contribution is 2.25. The van der Waals surface area contributed by atoms with Crippen molar-refractivity contribution in [2.75, 3.05) is 13.1 Å². The van der Waals surface area contributed by atoms with Crippen molar-refractivity contribution in [3.63, 3.8) is 0 Å². The van der Waals surface area contributed by atoms with Gasteiger partial charge in [-0.05, 0) is 37.3 Å². The fourth-order valence-corrected chi connectivity index (χ4v) is 4.55. The van der Waals surface area contributed by atoms with Gasteiger partial charge in [-0.1, -0.05) is 39.5 Å². The van der Waals surface area contributed by atoms with Crippen molar-refractivity contribution in [1.29, 1.82) is 0 Å². The quantitative estimate of drug-likeness (QED) is 0.703. The molecule has 0 aromatic carbocycles. The maximum absolute atomic E-state index is 12.3. The first kappa shape index (κ1) is 19.0. The first-order chi connectivity index (χ1) is 11.7. The van der Waals surface area contributed by atoms with Gasteiger partial charge in [0.05, 0.1) is 4.88 Å². The van der Waals surface area contributed by atoms with Gasteiger partial charge in [0.2, 0.25) is 5.91 Å². The lowest BCUT2D eigenvalue weighted by molar-refractivity contribution is -0.125. The Bertz CT molecular complexity index is 548. The molecule has 0 saturated heterocycles. The van der Waals surface area contributed by atoms with E-state index < -0.39 is 0 Å². The zero-order chi connectivity index (χ0) is 17.4. The smallest absolute Gasteiger partial charge is 0.261 e. The van der Waals surface area contributed by atoms with Gasteiger partial charge in [0.15, 0.2) is 0 Å². The van der Waals surface area contributed by atoms with Gasteiger partial charge in [-0.3, -0.25) is 9.59 Å². The number of amides is 2. The van der Waals surface area contributed by atoms with Crippen molar-refractivity contribution < 1.29 is 9.59 Å². The normalized spacial score (nSPS) is 15.2. The Hall–Kier alpha value is -1.36. The van der Waals surface area contributed by atoms with E-state index in [-0.39, 0.29) is 17.7 Å². The lowest BCUT2D eigenvalue weighted by Crippen LogP contribution is -2.38. The molecule has 0 bridgehead atoms. The summed E-state index contributed by atoms with van der Waals surface area (Å²) in [6.07, 6.45) is 8.69. The Balaban J connectivity index is 1.73. The van der Waals surface area contributed by atoms with Crippen LogP contribution in [0.4, 0.5) is 0 Å². The number of hydrogen-bond donors (Lipinski definition) is 2. The Labute approximate surface area is 149 Å². The number of nitrogens with one attached hydrogen (secondary N) is 2. The first-order valence-corrected chi connectivity index (χ1v) is 10.1. The SMILES string of the molecule is CCCc1sc(C(=O)NCCNC(=O)C2CCCCC2)cc1CC. The van der Waals surface area contributed by atoms with Crippen LogP contribution in [0.5, 0.6) is 0 Å². The Morgan fingerprint density at radius 3 is 2.50 bits per heavy atom. The molecule has 0 spiro atoms. The minimum absolute atomic E-state index is 0.0241. The van der Waals surface area contributed by atoms with E-state index in [0.29, 0.717) is 13.1 Å². The molecular formula is C19H30N2O2S. The van der Waals surface area contributed by atoms with Gasteiger partial charge in [0.1, 0.15) is 0 Å². The van der Waals surface area contributed by atoms with E-state index in [1.165, 1.54) is 16.9 Å². The number of rotatable bonds is 8. The molecule has 1 aromatic heterocycles. The van der Waals surface area contributed by atoms with Crippen LogP contribution in [0.3, 0.4) is 0 Å². The summed E-state index contributed by atoms with van der Waals surface area (Å²) in [4.78, 5) is 26.4. The van der Waals surface area contributed by atoms with Gasteiger partial charge in [0.25, 0.3) is 5.91 Å². The second kappa shape index (κ2) is 9.82. The Morgan fingerprint density at radius 2 is 1.83 bits per heavy atom. The third kappa shape index (κ3) is 5.33. The summed E-state index contributed by atoms with van der Waals surface area (Å²) in [6.45, 7) is 5.28. The van der Waals surface area contributed by atoms with E-state index in [1.807, 2.05) is 6.07 Å². The largest absolute Gasteiger partial charge is 0.354 e. The zero-order valence-corrected chi connectivity index (χ0v) is 15.8. The van der Waals surface area contributed by atoms with Crippen molar-refractivity contribution in [2.45, 2.75) is 65.2 Å². The lowest BCUT2D eigenvalue weighted by Gasteiger charge is -2.20. The summed E-state index contributed by atoms with van der Waals surface area (Å²) in [6, 6.07) is 2.02. The van der Waals surface area contributed by atoms with E-state index in [4.69, 9.17) is 0 Å². The van der Waals surface area contributed by atoms with Crippen LogP contribution in [-0.4, -0.2) is 24.9 Å². The molecule has 2 amide bonds. The fourth-order valence-electron chi connectivity index (χ4n) is 3.27. The van der Waals surface area contributed by atoms with Gasteiger partial charge in [-0.2, -0.15) is 0 Å². The topological polar surface area (TPSA) is 58.2 Å². The second-order valence-electron chi connectivity index (χ2n) is 6.54. The molecule has 1 aliphatic rings. The van der Waals surface area contributed by atoms with Crippen molar-refractivity contribution in [3.05, 3.63) is 21.4 Å². The highest BCUT2D eigenvalue weighted by Gasteiger charge is 2.20. The molecule has 134 valence electrons. The van der Waals surface area contributed by atoms with E-state index in [2.05, 4.69) is 24.5 Å². The molecule has 0 atom stereocenters. The van der Waals surface area contributed by atoms with Crippen LogP contribution in [-0.2, 0) is 17.6 Å². The van der Waals surface area contributed by atoms with Crippen LogP contribution in [0.15, 0.2) is 6.07 Å². The fraction of sp³-hybridized carbons (Fsp3) is 0.684. The van der Waals surface area contributed by atoms with Crippen molar-refractivity contribution in [2.24, 2.45) is 5.92 Å². The maximum atomic E-state index is 12.3. The predicted molar refractivity (Wildman–Crippen MR) is 99.6 cm³/mol.